The van der Waals surface area contributed by atoms with E-state index >= 15 is 0 Å². The molecule has 1 saturated carbocycles. The van der Waals surface area contributed by atoms with E-state index in [0.29, 0.717) is 11.1 Å². The van der Waals surface area contributed by atoms with Crippen LogP contribution in [0.2, 0.25) is 0 Å². The third kappa shape index (κ3) is 7.37. The lowest BCUT2D eigenvalue weighted by atomic mass is 9.99. The van der Waals surface area contributed by atoms with Gasteiger partial charge in [0.15, 0.2) is 0 Å². The van der Waals surface area contributed by atoms with Crippen molar-refractivity contribution < 1.29 is 24.2 Å². The second kappa shape index (κ2) is 11.1. The van der Waals surface area contributed by atoms with E-state index in [-0.39, 0.29) is 35.6 Å². The van der Waals surface area contributed by atoms with Crippen LogP contribution in [0.1, 0.15) is 84.9 Å². The topological polar surface area (TPSA) is 108 Å². The lowest BCUT2D eigenvalue weighted by Gasteiger charge is -2.35. The fourth-order valence-electron chi connectivity index (χ4n) is 4.06. The summed E-state index contributed by atoms with van der Waals surface area (Å²) in [6.07, 6.45) is 1.83. The van der Waals surface area contributed by atoms with Crippen molar-refractivity contribution in [1.82, 2.24) is 15.5 Å². The minimum atomic E-state index is -0.885. The molecule has 8 heteroatoms. The first-order valence-electron chi connectivity index (χ1n) is 12.2. The van der Waals surface area contributed by atoms with Gasteiger partial charge in [0.05, 0.1) is 0 Å². The van der Waals surface area contributed by atoms with Gasteiger partial charge >= 0.3 is 6.09 Å². The number of benzene rings is 1. The molecule has 0 bridgehead atoms. The number of phenols is 1. The number of ether oxygens (including phenoxy) is 1. The minimum Gasteiger partial charge on any atom is -0.508 e. The molecule has 1 aliphatic rings. The number of nitrogens with one attached hydrogen (secondary N) is 2. The Morgan fingerprint density at radius 2 is 1.82 bits per heavy atom. The number of hydrogen-bond donors (Lipinski definition) is 3. The van der Waals surface area contributed by atoms with E-state index in [4.69, 9.17) is 4.74 Å². The first-order chi connectivity index (χ1) is 15.7. The maximum Gasteiger partial charge on any atom is 0.408 e. The van der Waals surface area contributed by atoms with Crippen LogP contribution in [0.4, 0.5) is 4.79 Å². The van der Waals surface area contributed by atoms with Crippen LogP contribution in [-0.4, -0.2) is 51.6 Å². The van der Waals surface area contributed by atoms with E-state index < -0.39 is 23.8 Å². The van der Waals surface area contributed by atoms with Gasteiger partial charge in [-0.3, -0.25) is 9.59 Å². The van der Waals surface area contributed by atoms with Gasteiger partial charge in [0.2, 0.25) is 11.8 Å². The van der Waals surface area contributed by atoms with Gasteiger partial charge in [-0.2, -0.15) is 0 Å². The highest BCUT2D eigenvalue weighted by Crippen LogP contribution is 2.41. The fourth-order valence-corrected chi connectivity index (χ4v) is 4.06. The molecule has 1 fully saturated rings. The van der Waals surface area contributed by atoms with Crippen molar-refractivity contribution in [1.29, 1.82) is 0 Å². The maximum atomic E-state index is 13.7. The molecule has 5 unspecified atom stereocenters. The van der Waals surface area contributed by atoms with Crippen LogP contribution in [0.3, 0.4) is 0 Å². The van der Waals surface area contributed by atoms with Crippen LogP contribution in [0.15, 0.2) is 18.2 Å². The zero-order valence-corrected chi connectivity index (χ0v) is 21.8. The molecular weight excluding hydrogens is 434 g/mol. The molecule has 0 aliphatic heterocycles. The first-order valence-corrected chi connectivity index (χ1v) is 12.2. The summed E-state index contributed by atoms with van der Waals surface area (Å²) in [6, 6.07) is 3.01. The Morgan fingerprint density at radius 1 is 1.21 bits per heavy atom. The first kappa shape index (κ1) is 27.5. The SMILES string of the molecule is CCCC(C)NC(=O)C(c1ccc(O)c(C)c1)N(C(=O)C(C)NC(=O)OC(C)(C)C)C1CC1C. The summed E-state index contributed by atoms with van der Waals surface area (Å²) < 4.78 is 5.31. The summed E-state index contributed by atoms with van der Waals surface area (Å²) in [7, 11) is 0. The molecular formula is C26H41N3O5. The molecule has 190 valence electrons. The molecule has 8 nitrogen and oxygen atoms in total. The Labute approximate surface area is 203 Å². The molecule has 2 rings (SSSR count). The van der Waals surface area contributed by atoms with Crippen LogP contribution >= 0.6 is 0 Å². The maximum absolute atomic E-state index is 13.7. The van der Waals surface area contributed by atoms with Gasteiger partial charge in [-0.05, 0) is 83.6 Å². The lowest BCUT2D eigenvalue weighted by Crippen LogP contribution is -2.53. The Bertz CT molecular complexity index is 895. The Morgan fingerprint density at radius 3 is 2.32 bits per heavy atom. The van der Waals surface area contributed by atoms with Crippen LogP contribution in [0.5, 0.6) is 5.75 Å². The predicted molar refractivity (Wildman–Crippen MR) is 131 cm³/mol. The molecule has 0 heterocycles. The van der Waals surface area contributed by atoms with E-state index in [2.05, 4.69) is 17.6 Å². The van der Waals surface area contributed by atoms with E-state index in [1.54, 1.807) is 57.7 Å². The standard InChI is InChI=1S/C26H41N3O5/c1-9-10-17(4)27-23(31)22(19-11-12-21(30)16(3)13-19)29(20-14-15(20)2)24(32)18(5)28-25(33)34-26(6,7)8/h11-13,15,17-18,20,22,30H,9-10,14H2,1-8H3,(H,27,31)(H,28,33). The van der Waals surface area contributed by atoms with Gasteiger partial charge in [-0.25, -0.2) is 4.79 Å². The molecule has 0 radical (unpaired) electrons. The summed E-state index contributed by atoms with van der Waals surface area (Å²) in [5, 5.41) is 15.7. The summed E-state index contributed by atoms with van der Waals surface area (Å²) in [4.78, 5) is 41.2. The van der Waals surface area contributed by atoms with Gasteiger partial charge in [-0.1, -0.05) is 26.3 Å². The highest BCUT2D eigenvalue weighted by atomic mass is 16.6. The van der Waals surface area contributed by atoms with Gasteiger partial charge < -0.3 is 25.4 Å². The molecule has 5 atom stereocenters. The van der Waals surface area contributed by atoms with Crippen molar-refractivity contribution in [3.8, 4) is 5.75 Å². The average molecular weight is 476 g/mol. The number of carbonyl (C=O) groups is 3. The van der Waals surface area contributed by atoms with Gasteiger partial charge in [0.1, 0.15) is 23.4 Å². The number of aryl methyl sites for hydroxylation is 1. The number of rotatable bonds is 9. The summed E-state index contributed by atoms with van der Waals surface area (Å²) in [5.74, 6) is -0.267. The Kier molecular flexibility index (Phi) is 8.97. The van der Waals surface area contributed by atoms with Crippen LogP contribution < -0.4 is 10.6 Å². The van der Waals surface area contributed by atoms with E-state index in [0.717, 1.165) is 19.3 Å². The fraction of sp³-hybridized carbons (Fsp3) is 0.654. The van der Waals surface area contributed by atoms with Crippen molar-refractivity contribution in [2.24, 2.45) is 5.92 Å². The van der Waals surface area contributed by atoms with E-state index in [1.807, 2.05) is 13.8 Å². The highest BCUT2D eigenvalue weighted by molar-refractivity contribution is 5.92. The number of carbonyl (C=O) groups excluding carboxylic acids is 3. The number of phenolic OH excluding ortho intramolecular Hbond substituents is 1. The molecule has 3 N–H and O–H groups in total. The molecule has 1 aliphatic carbocycles. The quantitative estimate of drug-likeness (QED) is 0.496. The zero-order chi connectivity index (χ0) is 25.8. The monoisotopic (exact) mass is 475 g/mol. The zero-order valence-electron chi connectivity index (χ0n) is 21.8. The summed E-state index contributed by atoms with van der Waals surface area (Å²) >= 11 is 0. The van der Waals surface area contributed by atoms with Crippen molar-refractivity contribution in [2.45, 2.75) is 104 Å². The molecule has 34 heavy (non-hydrogen) atoms. The van der Waals surface area contributed by atoms with Crippen molar-refractivity contribution in [3.05, 3.63) is 29.3 Å². The van der Waals surface area contributed by atoms with Crippen molar-refractivity contribution in [3.63, 3.8) is 0 Å². The number of alkyl carbamates (subject to hydrolysis) is 1. The number of amides is 3. The molecule has 0 saturated heterocycles. The van der Waals surface area contributed by atoms with Gasteiger partial charge in [-0.15, -0.1) is 0 Å². The Balaban J connectivity index is 2.41. The minimum absolute atomic E-state index is 0.0518. The second-order valence-corrected chi connectivity index (χ2v) is 10.5. The Hall–Kier alpha value is -2.77. The van der Waals surface area contributed by atoms with Gasteiger partial charge in [0.25, 0.3) is 0 Å². The molecule has 3 amide bonds. The van der Waals surface area contributed by atoms with Crippen LogP contribution in [0.25, 0.3) is 0 Å². The van der Waals surface area contributed by atoms with Crippen molar-refractivity contribution >= 4 is 17.9 Å². The second-order valence-electron chi connectivity index (χ2n) is 10.5. The highest BCUT2D eigenvalue weighted by Gasteiger charge is 2.47. The molecule has 0 spiro atoms. The largest absolute Gasteiger partial charge is 0.508 e. The summed E-state index contributed by atoms with van der Waals surface area (Å²) in [5.41, 5.74) is 0.542. The van der Waals surface area contributed by atoms with E-state index in [9.17, 15) is 19.5 Å². The summed E-state index contributed by atoms with van der Waals surface area (Å²) in [6.45, 7) is 14.6. The number of hydrogen-bond acceptors (Lipinski definition) is 5. The lowest BCUT2D eigenvalue weighted by molar-refractivity contribution is -0.143. The smallest absolute Gasteiger partial charge is 0.408 e. The molecule has 0 aromatic heterocycles. The molecule has 1 aromatic carbocycles. The van der Waals surface area contributed by atoms with Crippen molar-refractivity contribution in [2.75, 3.05) is 0 Å². The van der Waals surface area contributed by atoms with Gasteiger partial charge in [0, 0.05) is 12.1 Å². The van der Waals surface area contributed by atoms with Crippen LogP contribution in [0, 0.1) is 12.8 Å². The normalized spacial score (nSPS) is 20.0. The number of nitrogens with zero attached hydrogens (tertiary/aromatic N) is 1. The average Bonchev–Trinajstić information content (AvgIpc) is 3.42. The molecule has 1 aromatic rings. The predicted octanol–water partition coefficient (Wildman–Crippen LogP) is 4.20. The third-order valence-electron chi connectivity index (χ3n) is 5.96. The number of aromatic hydroxyl groups is 1. The van der Waals surface area contributed by atoms with E-state index in [1.165, 1.54) is 0 Å². The third-order valence-corrected chi connectivity index (χ3v) is 5.96. The van der Waals surface area contributed by atoms with Crippen LogP contribution in [-0.2, 0) is 14.3 Å².